The van der Waals surface area contributed by atoms with Crippen molar-refractivity contribution in [3.8, 4) is 5.75 Å². The van der Waals surface area contributed by atoms with Gasteiger partial charge in [-0.3, -0.25) is 9.69 Å². The van der Waals surface area contributed by atoms with Gasteiger partial charge in [-0.05, 0) is 36.6 Å². The average molecular weight is 462 g/mol. The van der Waals surface area contributed by atoms with Crippen LogP contribution in [-0.2, 0) is 11.8 Å². The molecule has 3 rings (SSSR count). The van der Waals surface area contributed by atoms with E-state index in [1.54, 1.807) is 0 Å². The van der Waals surface area contributed by atoms with E-state index in [4.69, 9.17) is 15.2 Å². The van der Waals surface area contributed by atoms with E-state index in [1.165, 1.54) is 0 Å². The third-order valence-corrected chi connectivity index (χ3v) is 5.83. The van der Waals surface area contributed by atoms with Gasteiger partial charge in [-0.2, -0.15) is 0 Å². The monoisotopic (exact) mass is 461 g/mol. The van der Waals surface area contributed by atoms with E-state index in [0.717, 1.165) is 67.9 Å². The molecule has 2 N–H and O–H groups in total. The maximum Gasteiger partial charge on any atom is 0.252 e. The van der Waals surface area contributed by atoms with Crippen LogP contribution in [0.4, 0.5) is 0 Å². The number of allylic oxidation sites excluding steroid dienone is 8. The number of amides is 1. The topological polar surface area (TPSA) is 69.7 Å². The van der Waals surface area contributed by atoms with Crippen molar-refractivity contribution in [3.05, 3.63) is 85.1 Å². The van der Waals surface area contributed by atoms with E-state index in [2.05, 4.69) is 34.8 Å². The number of hydrogen-bond donors (Lipinski definition) is 1. The molecule has 1 saturated heterocycles. The molecule has 1 aromatic heterocycles. The molecule has 2 aromatic rings. The lowest BCUT2D eigenvalue weighted by atomic mass is 10.1. The quantitative estimate of drug-likeness (QED) is 0.369. The van der Waals surface area contributed by atoms with Crippen LogP contribution in [0.5, 0.6) is 5.75 Å². The van der Waals surface area contributed by atoms with Crippen LogP contribution in [0.25, 0.3) is 16.5 Å². The molecule has 6 heteroatoms. The molecule has 0 spiro atoms. The smallest absolute Gasteiger partial charge is 0.252 e. The number of carbonyl (C=O) groups excluding carboxylic acids is 1. The van der Waals surface area contributed by atoms with E-state index < -0.39 is 5.91 Å². The van der Waals surface area contributed by atoms with Crippen LogP contribution in [0.3, 0.4) is 0 Å². The molecule has 0 saturated carbocycles. The zero-order valence-corrected chi connectivity index (χ0v) is 20.0. The van der Waals surface area contributed by atoms with Crippen LogP contribution in [0.2, 0.25) is 0 Å². The Kier molecular flexibility index (Phi) is 9.50. The number of carbonyl (C=O) groups is 1. The second-order valence-corrected chi connectivity index (χ2v) is 8.18. The minimum atomic E-state index is -0.498. The fourth-order valence-electron chi connectivity index (χ4n) is 4.00. The van der Waals surface area contributed by atoms with Gasteiger partial charge in [0, 0.05) is 43.3 Å². The van der Waals surface area contributed by atoms with Gasteiger partial charge >= 0.3 is 0 Å². The molecule has 0 bridgehead atoms. The highest BCUT2D eigenvalue weighted by atomic mass is 16.5. The Morgan fingerprint density at radius 1 is 1.15 bits per heavy atom. The highest BCUT2D eigenvalue weighted by Crippen LogP contribution is 2.31. The number of nitrogens with zero attached hydrogens (tertiary/aromatic N) is 2. The number of ether oxygens (including phenoxy) is 2. The van der Waals surface area contributed by atoms with Crippen molar-refractivity contribution in [1.82, 2.24) is 9.47 Å². The minimum absolute atomic E-state index is 0.392. The molecule has 0 unspecified atom stereocenters. The highest BCUT2D eigenvalue weighted by Gasteiger charge is 2.17. The molecule has 0 aliphatic carbocycles. The Hall–Kier alpha value is -3.35. The number of morpholine rings is 1. The van der Waals surface area contributed by atoms with Crippen LogP contribution < -0.4 is 10.5 Å². The SMILES string of the molecule is C=CCC=CC=CC=C(CC=C)c1cc2cc(OCCN3CCOCC3)c(C(N)=O)cc2n1C. The summed E-state index contributed by atoms with van der Waals surface area (Å²) >= 11 is 0. The fraction of sp³-hybridized carbons (Fsp3) is 0.321. The fourth-order valence-corrected chi connectivity index (χ4v) is 4.00. The van der Waals surface area contributed by atoms with Crippen molar-refractivity contribution in [1.29, 1.82) is 0 Å². The van der Waals surface area contributed by atoms with Crippen LogP contribution in [0.1, 0.15) is 28.9 Å². The van der Waals surface area contributed by atoms with Crippen molar-refractivity contribution >= 4 is 22.4 Å². The molecule has 0 atom stereocenters. The molecule has 1 amide bonds. The van der Waals surface area contributed by atoms with E-state index in [0.29, 0.717) is 17.9 Å². The summed E-state index contributed by atoms with van der Waals surface area (Å²) in [5.74, 6) is 0.0223. The molecule has 1 aliphatic rings. The zero-order chi connectivity index (χ0) is 24.3. The minimum Gasteiger partial charge on any atom is -0.491 e. The maximum atomic E-state index is 12.2. The van der Waals surface area contributed by atoms with Crippen LogP contribution in [0, 0.1) is 0 Å². The first-order valence-electron chi connectivity index (χ1n) is 11.7. The molecule has 0 radical (unpaired) electrons. The number of fused-ring (bicyclic) bond motifs is 1. The Morgan fingerprint density at radius 3 is 2.65 bits per heavy atom. The predicted octanol–water partition coefficient (Wildman–Crippen LogP) is 4.64. The molecular formula is C28H35N3O3. The van der Waals surface area contributed by atoms with Gasteiger partial charge in [0.2, 0.25) is 0 Å². The average Bonchev–Trinajstić information content (AvgIpc) is 3.16. The summed E-state index contributed by atoms with van der Waals surface area (Å²) in [4.78, 5) is 14.5. The van der Waals surface area contributed by atoms with Gasteiger partial charge in [0.05, 0.1) is 18.8 Å². The number of benzene rings is 1. The van der Waals surface area contributed by atoms with Crippen molar-refractivity contribution < 1.29 is 14.3 Å². The number of rotatable bonds is 12. The molecular weight excluding hydrogens is 426 g/mol. The highest BCUT2D eigenvalue weighted by molar-refractivity contribution is 6.01. The maximum absolute atomic E-state index is 12.2. The Morgan fingerprint density at radius 2 is 1.94 bits per heavy atom. The third-order valence-electron chi connectivity index (χ3n) is 5.83. The summed E-state index contributed by atoms with van der Waals surface area (Å²) < 4.78 is 13.5. The largest absolute Gasteiger partial charge is 0.491 e. The molecule has 6 nitrogen and oxygen atoms in total. The van der Waals surface area contributed by atoms with Crippen molar-refractivity contribution in [2.75, 3.05) is 39.5 Å². The molecule has 180 valence electrons. The van der Waals surface area contributed by atoms with Gasteiger partial charge in [-0.15, -0.1) is 13.2 Å². The summed E-state index contributed by atoms with van der Waals surface area (Å²) in [5.41, 5.74) is 9.19. The lowest BCUT2D eigenvalue weighted by Gasteiger charge is -2.26. The van der Waals surface area contributed by atoms with Crippen molar-refractivity contribution in [2.24, 2.45) is 12.8 Å². The predicted molar refractivity (Wildman–Crippen MR) is 140 cm³/mol. The van der Waals surface area contributed by atoms with Crippen LogP contribution >= 0.6 is 0 Å². The summed E-state index contributed by atoms with van der Waals surface area (Å²) in [5, 5.41) is 0.994. The van der Waals surface area contributed by atoms with E-state index in [-0.39, 0.29) is 0 Å². The number of hydrogen-bond acceptors (Lipinski definition) is 4. The molecule has 1 fully saturated rings. The number of primary amides is 1. The van der Waals surface area contributed by atoms with Gasteiger partial charge in [-0.25, -0.2) is 0 Å². The zero-order valence-electron chi connectivity index (χ0n) is 20.0. The lowest BCUT2D eigenvalue weighted by Crippen LogP contribution is -2.38. The van der Waals surface area contributed by atoms with Crippen molar-refractivity contribution in [3.63, 3.8) is 0 Å². The molecule has 1 aromatic carbocycles. The summed E-state index contributed by atoms with van der Waals surface area (Å²) in [6, 6.07) is 5.86. The standard InChI is InChI=1S/C28H35N3O3/c1-4-6-7-8-9-10-12-22(11-5-2)25-19-23-20-27(24(28(29)32)21-26(23)30(25)3)34-18-15-31-13-16-33-17-14-31/h4-5,7-10,12,19-21H,1-2,6,11,13-18H2,3H3,(H2,29,32). The van der Waals surface area contributed by atoms with Gasteiger partial charge in [0.15, 0.2) is 0 Å². The van der Waals surface area contributed by atoms with Gasteiger partial charge in [-0.1, -0.05) is 42.5 Å². The number of aromatic nitrogens is 1. The molecule has 34 heavy (non-hydrogen) atoms. The summed E-state index contributed by atoms with van der Waals surface area (Å²) in [7, 11) is 1.99. The Labute approximate surface area is 202 Å². The van der Waals surface area contributed by atoms with Gasteiger partial charge in [0.1, 0.15) is 12.4 Å². The first-order chi connectivity index (χ1) is 16.5. The number of aryl methyl sites for hydroxylation is 1. The van der Waals surface area contributed by atoms with E-state index in [9.17, 15) is 4.79 Å². The molecule has 1 aliphatic heterocycles. The third kappa shape index (κ3) is 6.59. The van der Waals surface area contributed by atoms with Gasteiger partial charge in [0.25, 0.3) is 5.91 Å². The van der Waals surface area contributed by atoms with Crippen molar-refractivity contribution in [2.45, 2.75) is 12.8 Å². The van der Waals surface area contributed by atoms with Gasteiger partial charge < -0.3 is 19.8 Å². The summed E-state index contributed by atoms with van der Waals surface area (Å²) in [6.45, 7) is 12.2. The lowest BCUT2D eigenvalue weighted by molar-refractivity contribution is 0.0322. The van der Waals surface area contributed by atoms with Crippen LogP contribution in [0.15, 0.2) is 73.9 Å². The van der Waals surface area contributed by atoms with E-state index in [1.807, 2.05) is 55.6 Å². The normalized spacial score (nSPS) is 15.4. The first kappa shape index (κ1) is 25.3. The second kappa shape index (κ2) is 12.8. The van der Waals surface area contributed by atoms with E-state index >= 15 is 0 Å². The number of nitrogens with two attached hydrogens (primary N) is 1. The van der Waals surface area contributed by atoms with Crippen LogP contribution in [-0.4, -0.2) is 54.8 Å². The Bertz CT molecular complexity index is 1100. The summed E-state index contributed by atoms with van der Waals surface area (Å²) in [6.07, 6.45) is 15.5. The first-order valence-corrected chi connectivity index (χ1v) is 11.7. The molecule has 2 heterocycles. The second-order valence-electron chi connectivity index (χ2n) is 8.18. The Balaban J connectivity index is 1.87.